The molecule has 6 heteroatoms. The zero-order valence-electron chi connectivity index (χ0n) is 14.0. The molecule has 1 aliphatic heterocycles. The molecule has 0 radical (unpaired) electrons. The van der Waals surface area contributed by atoms with E-state index in [1.165, 1.54) is 0 Å². The van der Waals surface area contributed by atoms with Crippen LogP contribution in [0.3, 0.4) is 0 Å². The number of benzene rings is 2. The molecule has 0 bridgehead atoms. The fourth-order valence-electron chi connectivity index (χ4n) is 2.48. The van der Waals surface area contributed by atoms with Crippen LogP contribution >= 0.6 is 0 Å². The van der Waals surface area contributed by atoms with Crippen molar-refractivity contribution in [2.75, 3.05) is 18.5 Å². The highest BCUT2D eigenvalue weighted by atomic mass is 16.5. The van der Waals surface area contributed by atoms with Gasteiger partial charge in [0, 0.05) is 6.54 Å². The zero-order valence-corrected chi connectivity index (χ0v) is 14.0. The molecule has 3 rings (SSSR count). The van der Waals surface area contributed by atoms with Gasteiger partial charge in [-0.1, -0.05) is 18.2 Å². The van der Waals surface area contributed by atoms with Crippen LogP contribution < -0.4 is 20.1 Å². The molecule has 0 fully saturated rings. The molecule has 2 aromatic carbocycles. The summed E-state index contributed by atoms with van der Waals surface area (Å²) in [5, 5.41) is 5.60. The van der Waals surface area contributed by atoms with Crippen molar-refractivity contribution in [2.45, 2.75) is 19.9 Å². The van der Waals surface area contributed by atoms with Crippen LogP contribution in [0.4, 0.5) is 5.69 Å². The first-order valence-corrected chi connectivity index (χ1v) is 8.12. The second-order valence-electron chi connectivity index (χ2n) is 5.86. The molecule has 0 saturated heterocycles. The molecule has 25 heavy (non-hydrogen) atoms. The monoisotopic (exact) mass is 340 g/mol. The van der Waals surface area contributed by atoms with Crippen LogP contribution in [-0.2, 0) is 16.1 Å². The van der Waals surface area contributed by atoms with Crippen molar-refractivity contribution in [3.8, 4) is 11.5 Å². The molecule has 1 heterocycles. The van der Waals surface area contributed by atoms with Crippen molar-refractivity contribution in [1.29, 1.82) is 0 Å². The van der Waals surface area contributed by atoms with Crippen molar-refractivity contribution in [2.24, 2.45) is 0 Å². The van der Waals surface area contributed by atoms with E-state index in [4.69, 9.17) is 9.47 Å². The highest BCUT2D eigenvalue weighted by Crippen LogP contribution is 2.28. The maximum Gasteiger partial charge on any atom is 0.258 e. The van der Waals surface area contributed by atoms with Crippen LogP contribution in [0.5, 0.6) is 11.5 Å². The second-order valence-corrected chi connectivity index (χ2v) is 5.86. The third kappa shape index (κ3) is 4.73. The quantitative estimate of drug-likeness (QED) is 0.876. The van der Waals surface area contributed by atoms with Crippen LogP contribution in [0.15, 0.2) is 42.5 Å². The molecule has 2 aromatic rings. The minimum absolute atomic E-state index is 0.0474. The molecule has 130 valence electrons. The number of anilines is 1. The Morgan fingerprint density at radius 3 is 3.00 bits per heavy atom. The number of fused-ring (bicyclic) bond motifs is 1. The van der Waals surface area contributed by atoms with E-state index in [0.29, 0.717) is 36.8 Å². The van der Waals surface area contributed by atoms with Crippen molar-refractivity contribution < 1.29 is 19.1 Å². The van der Waals surface area contributed by atoms with Crippen LogP contribution in [0.1, 0.15) is 17.5 Å². The van der Waals surface area contributed by atoms with Gasteiger partial charge in [0.1, 0.15) is 11.5 Å². The number of hydrogen-bond acceptors (Lipinski definition) is 4. The SMILES string of the molecule is Cc1cccc(OCC(=O)NCc2ccc3c(c2)NC(=O)CCO3)c1. The van der Waals surface area contributed by atoms with E-state index in [0.717, 1.165) is 11.1 Å². The summed E-state index contributed by atoms with van der Waals surface area (Å²) in [6, 6.07) is 13.0. The van der Waals surface area contributed by atoms with Crippen molar-refractivity contribution in [1.82, 2.24) is 5.32 Å². The van der Waals surface area contributed by atoms with E-state index >= 15 is 0 Å². The van der Waals surface area contributed by atoms with Gasteiger partial charge in [-0.05, 0) is 42.3 Å². The summed E-state index contributed by atoms with van der Waals surface area (Å²) in [6.07, 6.45) is 0.330. The van der Waals surface area contributed by atoms with Gasteiger partial charge in [0.15, 0.2) is 6.61 Å². The fourth-order valence-corrected chi connectivity index (χ4v) is 2.48. The lowest BCUT2D eigenvalue weighted by molar-refractivity contribution is -0.123. The Kier molecular flexibility index (Phi) is 5.18. The molecule has 2 N–H and O–H groups in total. The first-order chi connectivity index (χ1) is 12.1. The lowest BCUT2D eigenvalue weighted by Gasteiger charge is -2.11. The van der Waals surface area contributed by atoms with Gasteiger partial charge < -0.3 is 20.1 Å². The summed E-state index contributed by atoms with van der Waals surface area (Å²) in [7, 11) is 0. The van der Waals surface area contributed by atoms with Gasteiger partial charge in [0.25, 0.3) is 5.91 Å². The Bertz CT molecular complexity index is 789. The largest absolute Gasteiger partial charge is 0.491 e. The highest BCUT2D eigenvalue weighted by Gasteiger charge is 2.14. The maximum atomic E-state index is 11.9. The van der Waals surface area contributed by atoms with Gasteiger partial charge in [-0.25, -0.2) is 0 Å². The van der Waals surface area contributed by atoms with Gasteiger partial charge in [0.05, 0.1) is 18.7 Å². The average molecular weight is 340 g/mol. The first kappa shape index (κ1) is 16.8. The molecule has 0 spiro atoms. The molecule has 0 saturated carbocycles. The molecular formula is C19H20N2O4. The van der Waals surface area contributed by atoms with Crippen LogP contribution in [0, 0.1) is 6.92 Å². The van der Waals surface area contributed by atoms with E-state index in [1.807, 2.05) is 37.3 Å². The summed E-state index contributed by atoms with van der Waals surface area (Å²) >= 11 is 0. The number of hydrogen-bond donors (Lipinski definition) is 2. The lowest BCUT2D eigenvalue weighted by Crippen LogP contribution is -2.28. The van der Waals surface area contributed by atoms with E-state index < -0.39 is 0 Å². The highest BCUT2D eigenvalue weighted by molar-refractivity contribution is 5.93. The van der Waals surface area contributed by atoms with Gasteiger partial charge in [-0.2, -0.15) is 0 Å². The summed E-state index contributed by atoms with van der Waals surface area (Å²) in [4.78, 5) is 23.5. The second kappa shape index (κ2) is 7.70. The van der Waals surface area contributed by atoms with Crippen molar-refractivity contribution in [3.63, 3.8) is 0 Å². The van der Waals surface area contributed by atoms with Gasteiger partial charge >= 0.3 is 0 Å². The molecule has 1 aliphatic rings. The summed E-state index contributed by atoms with van der Waals surface area (Å²) in [6.45, 7) is 2.63. The Morgan fingerprint density at radius 1 is 1.28 bits per heavy atom. The van der Waals surface area contributed by atoms with E-state index in [-0.39, 0.29) is 18.4 Å². The fraction of sp³-hybridized carbons (Fsp3) is 0.263. The number of ether oxygens (including phenoxy) is 2. The number of nitrogens with one attached hydrogen (secondary N) is 2. The van der Waals surface area contributed by atoms with Crippen LogP contribution in [-0.4, -0.2) is 25.0 Å². The van der Waals surface area contributed by atoms with E-state index in [2.05, 4.69) is 10.6 Å². The van der Waals surface area contributed by atoms with Crippen molar-refractivity contribution in [3.05, 3.63) is 53.6 Å². The van der Waals surface area contributed by atoms with Gasteiger partial charge in [0.2, 0.25) is 5.91 Å². The minimum atomic E-state index is -0.211. The standard InChI is InChI=1S/C19H20N2O4/c1-13-3-2-4-15(9-13)25-12-19(23)20-11-14-5-6-17-16(10-14)21-18(22)7-8-24-17/h2-6,9-10H,7-8,11-12H2,1H3,(H,20,23)(H,21,22). The Hall–Kier alpha value is -3.02. The number of amides is 2. The van der Waals surface area contributed by atoms with E-state index in [1.54, 1.807) is 12.1 Å². The summed E-state index contributed by atoms with van der Waals surface area (Å²) < 4.78 is 11.0. The predicted molar refractivity (Wildman–Crippen MR) is 93.7 cm³/mol. The number of carbonyl (C=O) groups excluding carboxylic acids is 2. The molecule has 2 amide bonds. The lowest BCUT2D eigenvalue weighted by atomic mass is 10.2. The molecule has 0 aliphatic carbocycles. The topological polar surface area (TPSA) is 76.7 Å². The number of carbonyl (C=O) groups is 2. The average Bonchev–Trinajstić information content (AvgIpc) is 2.78. The van der Waals surface area contributed by atoms with Gasteiger partial charge in [-0.3, -0.25) is 9.59 Å². The molecular weight excluding hydrogens is 320 g/mol. The third-order valence-corrected chi connectivity index (χ3v) is 3.75. The van der Waals surface area contributed by atoms with Crippen molar-refractivity contribution >= 4 is 17.5 Å². The third-order valence-electron chi connectivity index (χ3n) is 3.75. The Morgan fingerprint density at radius 2 is 2.16 bits per heavy atom. The Balaban J connectivity index is 1.53. The number of aryl methyl sites for hydroxylation is 1. The predicted octanol–water partition coefficient (Wildman–Crippen LogP) is 2.41. The van der Waals surface area contributed by atoms with E-state index in [9.17, 15) is 9.59 Å². The number of rotatable bonds is 5. The molecule has 6 nitrogen and oxygen atoms in total. The van der Waals surface area contributed by atoms with Crippen LogP contribution in [0.2, 0.25) is 0 Å². The normalized spacial score (nSPS) is 13.1. The minimum Gasteiger partial charge on any atom is -0.491 e. The smallest absolute Gasteiger partial charge is 0.258 e. The zero-order chi connectivity index (χ0) is 17.6. The summed E-state index contributed by atoms with van der Waals surface area (Å²) in [5.74, 6) is 1.02. The molecule has 0 unspecified atom stereocenters. The van der Waals surface area contributed by atoms with Crippen LogP contribution in [0.25, 0.3) is 0 Å². The molecule has 0 atom stereocenters. The molecule has 0 aromatic heterocycles. The summed E-state index contributed by atoms with van der Waals surface area (Å²) in [5.41, 5.74) is 2.57. The Labute approximate surface area is 146 Å². The first-order valence-electron chi connectivity index (χ1n) is 8.12. The maximum absolute atomic E-state index is 11.9. The van der Waals surface area contributed by atoms with Gasteiger partial charge in [-0.15, -0.1) is 0 Å².